The van der Waals surface area contributed by atoms with Crippen LogP contribution in [0.3, 0.4) is 0 Å². The third-order valence-corrected chi connectivity index (χ3v) is 2.90. The fraction of sp³-hybridized carbons (Fsp3) is 0.462. The molecule has 0 radical (unpaired) electrons. The summed E-state index contributed by atoms with van der Waals surface area (Å²) < 4.78 is 5.31. The molecule has 1 aliphatic rings. The molecule has 3 nitrogen and oxygen atoms in total. The highest BCUT2D eigenvalue weighted by Gasteiger charge is 2.23. The fourth-order valence-electron chi connectivity index (χ4n) is 1.92. The van der Waals surface area contributed by atoms with Crippen LogP contribution in [0.15, 0.2) is 18.2 Å². The number of carbonyl (C=O) groups is 1. The van der Waals surface area contributed by atoms with E-state index in [0.717, 1.165) is 23.2 Å². The second-order valence-electron chi connectivity index (χ2n) is 4.26. The molecule has 1 saturated heterocycles. The average Bonchev–Trinajstić information content (AvgIpc) is 2.32. The van der Waals surface area contributed by atoms with E-state index in [4.69, 9.17) is 4.74 Å². The van der Waals surface area contributed by atoms with Crippen molar-refractivity contribution in [2.45, 2.75) is 19.9 Å². The molecule has 0 aliphatic carbocycles. The molecule has 1 unspecified atom stereocenters. The molecule has 1 atom stereocenters. The Morgan fingerprint density at radius 1 is 1.44 bits per heavy atom. The third-order valence-electron chi connectivity index (χ3n) is 2.90. The van der Waals surface area contributed by atoms with Crippen molar-refractivity contribution in [2.24, 2.45) is 0 Å². The van der Waals surface area contributed by atoms with Crippen molar-refractivity contribution >= 4 is 5.78 Å². The molecule has 0 saturated carbocycles. The SMILES string of the molecule is Cc1ccc(C)c(C(=O)C2COCCN2)c1. The summed E-state index contributed by atoms with van der Waals surface area (Å²) in [6.07, 6.45) is 0. The third kappa shape index (κ3) is 2.31. The van der Waals surface area contributed by atoms with Gasteiger partial charge in [-0.2, -0.15) is 0 Å². The minimum atomic E-state index is -0.186. The van der Waals surface area contributed by atoms with Crippen LogP contribution in [0.4, 0.5) is 0 Å². The molecule has 1 fully saturated rings. The number of ether oxygens (including phenoxy) is 1. The number of carbonyl (C=O) groups excluding carboxylic acids is 1. The monoisotopic (exact) mass is 219 g/mol. The van der Waals surface area contributed by atoms with Crippen molar-refractivity contribution in [1.82, 2.24) is 5.32 Å². The topological polar surface area (TPSA) is 38.3 Å². The largest absolute Gasteiger partial charge is 0.378 e. The Balaban J connectivity index is 2.22. The maximum Gasteiger partial charge on any atom is 0.182 e. The molecule has 1 aromatic rings. The summed E-state index contributed by atoms with van der Waals surface area (Å²) in [6, 6.07) is 5.78. The van der Waals surface area contributed by atoms with Crippen LogP contribution in [-0.2, 0) is 4.74 Å². The van der Waals surface area contributed by atoms with Gasteiger partial charge in [-0.05, 0) is 25.5 Å². The quantitative estimate of drug-likeness (QED) is 0.766. The molecule has 3 heteroatoms. The number of Topliss-reactive ketones (excluding diaryl/α,β-unsaturated/α-hetero) is 1. The summed E-state index contributed by atoms with van der Waals surface area (Å²) in [7, 11) is 0. The van der Waals surface area contributed by atoms with Gasteiger partial charge in [0.1, 0.15) is 0 Å². The van der Waals surface area contributed by atoms with Gasteiger partial charge in [0.25, 0.3) is 0 Å². The first-order valence-corrected chi connectivity index (χ1v) is 5.61. The summed E-state index contributed by atoms with van der Waals surface area (Å²) in [5, 5.41) is 3.19. The van der Waals surface area contributed by atoms with E-state index >= 15 is 0 Å². The average molecular weight is 219 g/mol. The van der Waals surface area contributed by atoms with Crippen molar-refractivity contribution in [1.29, 1.82) is 0 Å². The van der Waals surface area contributed by atoms with Gasteiger partial charge < -0.3 is 10.1 Å². The standard InChI is InChI=1S/C13H17NO2/c1-9-3-4-10(2)11(7-9)13(15)12-8-16-6-5-14-12/h3-4,7,12,14H,5-6,8H2,1-2H3. The lowest BCUT2D eigenvalue weighted by atomic mass is 9.97. The highest BCUT2D eigenvalue weighted by molar-refractivity contribution is 6.01. The predicted octanol–water partition coefficient (Wildman–Crippen LogP) is 1.47. The summed E-state index contributed by atoms with van der Waals surface area (Å²) >= 11 is 0. The van der Waals surface area contributed by atoms with Gasteiger partial charge in [0.05, 0.1) is 19.3 Å². The first-order valence-electron chi connectivity index (χ1n) is 5.61. The van der Waals surface area contributed by atoms with Gasteiger partial charge in [0.15, 0.2) is 5.78 Å². The number of hydrogen-bond donors (Lipinski definition) is 1. The number of hydrogen-bond acceptors (Lipinski definition) is 3. The summed E-state index contributed by atoms with van der Waals surface area (Å²) in [5.41, 5.74) is 2.96. The van der Waals surface area contributed by atoms with Crippen LogP contribution in [-0.4, -0.2) is 31.6 Å². The second-order valence-corrected chi connectivity index (χ2v) is 4.26. The Kier molecular flexibility index (Phi) is 3.36. The van der Waals surface area contributed by atoms with E-state index in [1.807, 2.05) is 32.0 Å². The van der Waals surface area contributed by atoms with Crippen LogP contribution in [0.2, 0.25) is 0 Å². The summed E-state index contributed by atoms with van der Waals surface area (Å²) in [4.78, 5) is 12.2. The van der Waals surface area contributed by atoms with E-state index in [-0.39, 0.29) is 11.8 Å². The van der Waals surface area contributed by atoms with Gasteiger partial charge >= 0.3 is 0 Å². The molecular formula is C13H17NO2. The number of rotatable bonds is 2. The first-order chi connectivity index (χ1) is 7.68. The molecular weight excluding hydrogens is 202 g/mol. The Morgan fingerprint density at radius 2 is 2.25 bits per heavy atom. The van der Waals surface area contributed by atoms with Crippen LogP contribution in [0.25, 0.3) is 0 Å². The number of morpholine rings is 1. The lowest BCUT2D eigenvalue weighted by Gasteiger charge is -2.23. The Hall–Kier alpha value is -1.19. The zero-order chi connectivity index (χ0) is 11.5. The molecule has 2 rings (SSSR count). The fourth-order valence-corrected chi connectivity index (χ4v) is 1.92. The highest BCUT2D eigenvalue weighted by Crippen LogP contribution is 2.14. The smallest absolute Gasteiger partial charge is 0.182 e. The molecule has 1 aliphatic heterocycles. The first kappa shape index (κ1) is 11.3. The minimum Gasteiger partial charge on any atom is -0.378 e. The van der Waals surface area contributed by atoms with E-state index in [1.54, 1.807) is 0 Å². The van der Waals surface area contributed by atoms with E-state index < -0.39 is 0 Å². The predicted molar refractivity (Wildman–Crippen MR) is 62.9 cm³/mol. The molecule has 1 aromatic carbocycles. The van der Waals surface area contributed by atoms with Crippen molar-refractivity contribution in [2.75, 3.05) is 19.8 Å². The van der Waals surface area contributed by atoms with E-state index in [0.29, 0.717) is 13.2 Å². The molecule has 0 aromatic heterocycles. The van der Waals surface area contributed by atoms with E-state index in [2.05, 4.69) is 5.32 Å². The summed E-state index contributed by atoms with van der Waals surface area (Å²) in [6.45, 7) is 5.89. The lowest BCUT2D eigenvalue weighted by molar-refractivity contribution is 0.0607. The zero-order valence-corrected chi connectivity index (χ0v) is 9.75. The van der Waals surface area contributed by atoms with Crippen LogP contribution < -0.4 is 5.32 Å². The van der Waals surface area contributed by atoms with Crippen LogP contribution in [0, 0.1) is 13.8 Å². The second kappa shape index (κ2) is 4.76. The van der Waals surface area contributed by atoms with E-state index in [9.17, 15) is 4.79 Å². The molecule has 1 N–H and O–H groups in total. The van der Waals surface area contributed by atoms with Crippen molar-refractivity contribution < 1.29 is 9.53 Å². The van der Waals surface area contributed by atoms with Crippen molar-refractivity contribution in [3.05, 3.63) is 34.9 Å². The number of ketones is 1. The van der Waals surface area contributed by atoms with E-state index in [1.165, 1.54) is 0 Å². The normalized spacial score (nSPS) is 20.8. The molecule has 16 heavy (non-hydrogen) atoms. The summed E-state index contributed by atoms with van der Waals surface area (Å²) in [5.74, 6) is 0.140. The number of aryl methyl sites for hydroxylation is 2. The molecule has 0 bridgehead atoms. The zero-order valence-electron chi connectivity index (χ0n) is 9.75. The van der Waals surface area contributed by atoms with Gasteiger partial charge in [-0.3, -0.25) is 4.79 Å². The number of benzene rings is 1. The maximum atomic E-state index is 12.2. The number of nitrogens with one attached hydrogen (secondary N) is 1. The van der Waals surface area contributed by atoms with Crippen LogP contribution in [0.1, 0.15) is 21.5 Å². The maximum absolute atomic E-state index is 12.2. The lowest BCUT2D eigenvalue weighted by Crippen LogP contribution is -2.46. The van der Waals surface area contributed by atoms with Gasteiger partial charge in [0, 0.05) is 12.1 Å². The minimum absolute atomic E-state index is 0.140. The highest BCUT2D eigenvalue weighted by atomic mass is 16.5. The van der Waals surface area contributed by atoms with Gasteiger partial charge in [-0.15, -0.1) is 0 Å². The van der Waals surface area contributed by atoms with Gasteiger partial charge in [-0.25, -0.2) is 0 Å². The Morgan fingerprint density at radius 3 is 2.94 bits per heavy atom. The van der Waals surface area contributed by atoms with Crippen molar-refractivity contribution in [3.8, 4) is 0 Å². The van der Waals surface area contributed by atoms with Gasteiger partial charge in [-0.1, -0.05) is 17.7 Å². The Labute approximate surface area is 95.8 Å². The van der Waals surface area contributed by atoms with Crippen LogP contribution in [0.5, 0.6) is 0 Å². The van der Waals surface area contributed by atoms with Crippen molar-refractivity contribution in [3.63, 3.8) is 0 Å². The Bertz CT molecular complexity index is 395. The molecule has 0 amide bonds. The molecule has 1 heterocycles. The molecule has 86 valence electrons. The van der Waals surface area contributed by atoms with Crippen LogP contribution >= 0.6 is 0 Å². The van der Waals surface area contributed by atoms with Gasteiger partial charge in [0.2, 0.25) is 0 Å². The molecule has 0 spiro atoms.